The van der Waals surface area contributed by atoms with E-state index in [2.05, 4.69) is 15.2 Å². The summed E-state index contributed by atoms with van der Waals surface area (Å²) < 4.78 is 39.1. The lowest BCUT2D eigenvalue weighted by Gasteiger charge is -2.08. The third-order valence-electron chi connectivity index (χ3n) is 3.91. The van der Waals surface area contributed by atoms with Crippen LogP contribution in [0.3, 0.4) is 0 Å². The van der Waals surface area contributed by atoms with Crippen molar-refractivity contribution in [3.63, 3.8) is 0 Å². The molecule has 0 radical (unpaired) electrons. The van der Waals surface area contributed by atoms with Gasteiger partial charge in [0.1, 0.15) is 0 Å². The zero-order chi connectivity index (χ0) is 18.2. The Morgan fingerprint density at radius 1 is 1.04 bits per heavy atom. The average Bonchev–Trinajstić information content (AvgIpc) is 2.86. The molecule has 0 bridgehead atoms. The number of hydrogen-bond acceptors (Lipinski definition) is 3. The maximum Gasteiger partial charge on any atom is 0.418 e. The van der Waals surface area contributed by atoms with Gasteiger partial charge in [-0.25, -0.2) is 0 Å². The van der Waals surface area contributed by atoms with Crippen LogP contribution in [0.5, 0.6) is 5.88 Å². The third kappa shape index (κ3) is 3.35. The maximum atomic E-state index is 13.0. The van der Waals surface area contributed by atoms with E-state index in [1.807, 2.05) is 26.0 Å². The molecule has 3 rings (SSSR count). The summed E-state index contributed by atoms with van der Waals surface area (Å²) in [6.45, 7) is 4.04. The SMILES string of the molecule is CC(C)c1ccc2[nH]c(O)c(N=Nc3ccccc3C(F)(F)F)c2c1. The van der Waals surface area contributed by atoms with Gasteiger partial charge < -0.3 is 10.1 Å². The van der Waals surface area contributed by atoms with Crippen LogP contribution >= 0.6 is 0 Å². The molecule has 0 amide bonds. The molecule has 130 valence electrons. The Morgan fingerprint density at radius 3 is 2.44 bits per heavy atom. The van der Waals surface area contributed by atoms with E-state index in [9.17, 15) is 18.3 Å². The molecule has 0 spiro atoms. The summed E-state index contributed by atoms with van der Waals surface area (Å²) in [7, 11) is 0. The molecule has 1 heterocycles. The number of nitrogens with one attached hydrogen (secondary N) is 1. The lowest BCUT2D eigenvalue weighted by atomic mass is 10.0. The molecule has 2 N–H and O–H groups in total. The molecule has 3 aromatic rings. The van der Waals surface area contributed by atoms with Crippen molar-refractivity contribution in [2.75, 3.05) is 0 Å². The number of benzene rings is 2. The fourth-order valence-corrected chi connectivity index (χ4v) is 2.55. The van der Waals surface area contributed by atoms with Crippen LogP contribution in [0.25, 0.3) is 10.9 Å². The number of aromatic nitrogens is 1. The first-order valence-electron chi connectivity index (χ1n) is 7.70. The van der Waals surface area contributed by atoms with E-state index >= 15 is 0 Å². The number of azo groups is 1. The second-order valence-electron chi connectivity index (χ2n) is 6.00. The maximum absolute atomic E-state index is 13.0. The summed E-state index contributed by atoms with van der Waals surface area (Å²) in [5.41, 5.74) is 0.609. The molecular formula is C18H16F3N3O. The Morgan fingerprint density at radius 2 is 1.76 bits per heavy atom. The van der Waals surface area contributed by atoms with Crippen molar-refractivity contribution in [2.45, 2.75) is 25.9 Å². The number of fused-ring (bicyclic) bond motifs is 1. The zero-order valence-corrected chi connectivity index (χ0v) is 13.6. The van der Waals surface area contributed by atoms with Crippen LogP contribution in [0.1, 0.15) is 30.9 Å². The number of halogens is 3. The molecule has 0 fully saturated rings. The smallest absolute Gasteiger partial charge is 0.418 e. The fraction of sp³-hybridized carbons (Fsp3) is 0.222. The Hall–Kier alpha value is -2.83. The van der Waals surface area contributed by atoms with Crippen LogP contribution in [-0.2, 0) is 6.18 Å². The van der Waals surface area contributed by atoms with Crippen molar-refractivity contribution in [3.05, 3.63) is 53.6 Å². The molecule has 4 nitrogen and oxygen atoms in total. The van der Waals surface area contributed by atoms with Gasteiger partial charge in [-0.1, -0.05) is 32.0 Å². The Labute approximate surface area is 142 Å². The number of alkyl halides is 3. The van der Waals surface area contributed by atoms with E-state index in [1.54, 1.807) is 6.07 Å². The van der Waals surface area contributed by atoms with Crippen LogP contribution in [0, 0.1) is 0 Å². The quantitative estimate of drug-likeness (QED) is 0.527. The average molecular weight is 347 g/mol. The van der Waals surface area contributed by atoms with E-state index in [1.165, 1.54) is 18.2 Å². The van der Waals surface area contributed by atoms with E-state index in [0.29, 0.717) is 10.9 Å². The molecule has 2 aromatic carbocycles. The summed E-state index contributed by atoms with van der Waals surface area (Å²) in [6.07, 6.45) is -4.53. The third-order valence-corrected chi connectivity index (χ3v) is 3.91. The second kappa shape index (κ2) is 6.23. The van der Waals surface area contributed by atoms with Crippen LogP contribution < -0.4 is 0 Å². The lowest BCUT2D eigenvalue weighted by Crippen LogP contribution is -2.04. The summed E-state index contributed by atoms with van der Waals surface area (Å²) in [5, 5.41) is 18.3. The highest BCUT2D eigenvalue weighted by molar-refractivity contribution is 5.94. The minimum Gasteiger partial charge on any atom is -0.493 e. The molecule has 7 heteroatoms. The van der Waals surface area contributed by atoms with Gasteiger partial charge >= 0.3 is 6.18 Å². The summed E-state index contributed by atoms with van der Waals surface area (Å²) in [5.74, 6) is 0.0290. The predicted octanol–water partition coefficient (Wildman–Crippen LogP) is 6.43. The number of hydrogen-bond donors (Lipinski definition) is 2. The van der Waals surface area contributed by atoms with E-state index in [0.717, 1.165) is 11.6 Å². The molecule has 1 aromatic heterocycles. The van der Waals surface area contributed by atoms with Crippen LogP contribution in [-0.4, -0.2) is 10.1 Å². The standard InChI is InChI=1S/C18H16F3N3O/c1-10(2)11-7-8-14-12(9-11)16(17(25)22-14)24-23-15-6-4-3-5-13(15)18(19,20)21/h3-10,22,25H,1-2H3. The highest BCUT2D eigenvalue weighted by Gasteiger charge is 2.33. The first-order chi connectivity index (χ1) is 11.8. The van der Waals surface area contributed by atoms with Crippen molar-refractivity contribution in [3.8, 4) is 5.88 Å². The van der Waals surface area contributed by atoms with Gasteiger partial charge in [0.25, 0.3) is 0 Å². The van der Waals surface area contributed by atoms with Gasteiger partial charge in [-0.05, 0) is 35.7 Å². The summed E-state index contributed by atoms with van der Waals surface area (Å²) in [6, 6.07) is 10.5. The van der Waals surface area contributed by atoms with Gasteiger partial charge in [0.15, 0.2) is 5.69 Å². The van der Waals surface area contributed by atoms with E-state index in [4.69, 9.17) is 0 Å². The number of nitrogens with zero attached hydrogens (tertiary/aromatic N) is 2. The molecule has 0 aliphatic rings. The monoisotopic (exact) mass is 347 g/mol. The molecule has 25 heavy (non-hydrogen) atoms. The summed E-state index contributed by atoms with van der Waals surface area (Å²) >= 11 is 0. The molecule has 0 saturated heterocycles. The highest BCUT2D eigenvalue weighted by atomic mass is 19.4. The molecule has 0 aliphatic heterocycles. The van der Waals surface area contributed by atoms with Crippen LogP contribution in [0.15, 0.2) is 52.7 Å². The van der Waals surface area contributed by atoms with Gasteiger partial charge in [-0.15, -0.1) is 10.2 Å². The molecule has 0 aliphatic carbocycles. The van der Waals surface area contributed by atoms with Crippen LogP contribution in [0.2, 0.25) is 0 Å². The van der Waals surface area contributed by atoms with Gasteiger partial charge in [0.05, 0.1) is 16.8 Å². The largest absolute Gasteiger partial charge is 0.493 e. The lowest BCUT2D eigenvalue weighted by molar-refractivity contribution is -0.137. The molecule has 0 atom stereocenters. The van der Waals surface area contributed by atoms with Crippen molar-refractivity contribution >= 4 is 22.3 Å². The van der Waals surface area contributed by atoms with Crippen LogP contribution in [0.4, 0.5) is 24.5 Å². The van der Waals surface area contributed by atoms with Gasteiger partial charge in [0, 0.05) is 5.39 Å². The van der Waals surface area contributed by atoms with Gasteiger partial charge in [-0.3, -0.25) is 0 Å². The first-order valence-corrected chi connectivity index (χ1v) is 7.70. The van der Waals surface area contributed by atoms with Crippen molar-refractivity contribution in [1.82, 2.24) is 4.98 Å². The minimum absolute atomic E-state index is 0.120. The predicted molar refractivity (Wildman–Crippen MR) is 89.7 cm³/mol. The number of rotatable bonds is 3. The normalized spacial score (nSPS) is 12.6. The highest BCUT2D eigenvalue weighted by Crippen LogP contribution is 2.40. The fourth-order valence-electron chi connectivity index (χ4n) is 2.55. The molecule has 0 unspecified atom stereocenters. The van der Waals surface area contributed by atoms with E-state index < -0.39 is 11.7 Å². The van der Waals surface area contributed by atoms with Crippen molar-refractivity contribution in [2.24, 2.45) is 10.2 Å². The number of aromatic amines is 1. The Balaban J connectivity index is 2.08. The summed E-state index contributed by atoms with van der Waals surface area (Å²) in [4.78, 5) is 2.75. The second-order valence-corrected chi connectivity index (χ2v) is 6.00. The molecule has 0 saturated carbocycles. The van der Waals surface area contributed by atoms with Crippen molar-refractivity contribution in [1.29, 1.82) is 0 Å². The Kier molecular flexibility index (Phi) is 4.24. The number of H-pyrrole nitrogens is 1. The van der Waals surface area contributed by atoms with E-state index in [-0.39, 0.29) is 23.2 Å². The van der Waals surface area contributed by atoms with Gasteiger partial charge in [0.2, 0.25) is 5.88 Å². The topological polar surface area (TPSA) is 60.7 Å². The zero-order valence-electron chi connectivity index (χ0n) is 13.6. The molecular weight excluding hydrogens is 331 g/mol. The Bertz CT molecular complexity index is 942. The minimum atomic E-state index is -4.53. The van der Waals surface area contributed by atoms with Crippen molar-refractivity contribution < 1.29 is 18.3 Å². The first kappa shape index (κ1) is 17.0. The number of aromatic hydroxyl groups is 1. The van der Waals surface area contributed by atoms with Gasteiger partial charge in [-0.2, -0.15) is 13.2 Å².